The Balaban J connectivity index is 3.97. The number of carboxylic acids is 1. The number of esters is 2. The van der Waals surface area contributed by atoms with E-state index in [1.165, 1.54) is 327 Å². The molecule has 1 N–H and O–H groups in total. The van der Waals surface area contributed by atoms with Crippen LogP contribution in [-0.4, -0.2) is 87.4 Å². The molecule has 0 rings (SSSR count). The molecule has 89 heavy (non-hydrogen) atoms. The number of allylic oxidation sites excluding steroid dienone is 6. The molecule has 0 bridgehead atoms. The average Bonchev–Trinajstić information content (AvgIpc) is 3.64. The number of likely N-dealkylation sites (N-methyl/N-ethyl adjacent to an activating group) is 1. The molecule has 0 amide bonds. The molecule has 2 unspecified atom stereocenters. The number of carboxylic acid groups (broad SMARTS) is 1. The Hall–Kier alpha value is -2.49. The van der Waals surface area contributed by atoms with Gasteiger partial charge in [0.2, 0.25) is 0 Å². The molecule has 0 spiro atoms. The van der Waals surface area contributed by atoms with E-state index in [9.17, 15) is 19.5 Å². The third kappa shape index (κ3) is 72.8. The lowest BCUT2D eigenvalue weighted by atomic mass is 10.0. The summed E-state index contributed by atoms with van der Waals surface area (Å²) in [7, 11) is 6.00. The first-order chi connectivity index (χ1) is 43.6. The van der Waals surface area contributed by atoms with Crippen LogP contribution in [0.15, 0.2) is 36.5 Å². The molecule has 9 heteroatoms. The Morgan fingerprint density at radius 1 is 0.337 bits per heavy atom. The number of nitrogens with zero attached hydrogens (tertiary/aromatic N) is 1. The van der Waals surface area contributed by atoms with E-state index in [1.54, 1.807) is 0 Å². The summed E-state index contributed by atoms with van der Waals surface area (Å²) in [5, 5.41) is 9.76. The highest BCUT2D eigenvalue weighted by Gasteiger charge is 2.25. The van der Waals surface area contributed by atoms with Crippen molar-refractivity contribution >= 4 is 17.9 Å². The zero-order chi connectivity index (χ0) is 64.7. The molecule has 0 heterocycles. The number of unbranched alkanes of at least 4 members (excludes halogenated alkanes) is 53. The van der Waals surface area contributed by atoms with E-state index in [2.05, 4.69) is 50.3 Å². The van der Waals surface area contributed by atoms with Gasteiger partial charge in [-0.3, -0.25) is 9.59 Å². The second-order valence-electron chi connectivity index (χ2n) is 28.0. The number of rotatable bonds is 74. The van der Waals surface area contributed by atoms with Crippen molar-refractivity contribution in [2.75, 3.05) is 47.5 Å². The van der Waals surface area contributed by atoms with Gasteiger partial charge >= 0.3 is 17.9 Å². The van der Waals surface area contributed by atoms with Crippen LogP contribution in [0.25, 0.3) is 0 Å². The smallest absolute Gasteiger partial charge is 0.361 e. The number of hydrogen-bond donors (Lipinski definition) is 1. The van der Waals surface area contributed by atoms with Crippen LogP contribution in [0, 0.1) is 0 Å². The van der Waals surface area contributed by atoms with Crippen molar-refractivity contribution in [1.82, 2.24) is 0 Å². The maximum atomic E-state index is 13.0. The van der Waals surface area contributed by atoms with Crippen LogP contribution in [0.1, 0.15) is 399 Å². The Labute approximate surface area is 553 Å². The van der Waals surface area contributed by atoms with E-state index in [0.29, 0.717) is 17.4 Å². The van der Waals surface area contributed by atoms with Crippen LogP contribution in [0.2, 0.25) is 0 Å². The van der Waals surface area contributed by atoms with Gasteiger partial charge in [0.1, 0.15) is 13.2 Å². The fraction of sp³-hybridized carbons (Fsp3) is 0.887. The minimum Gasteiger partial charge on any atom is -0.477 e. The van der Waals surface area contributed by atoms with Crippen molar-refractivity contribution in [3.05, 3.63) is 36.5 Å². The molecule has 0 aliphatic heterocycles. The maximum Gasteiger partial charge on any atom is 0.361 e. The largest absolute Gasteiger partial charge is 0.477 e. The van der Waals surface area contributed by atoms with Gasteiger partial charge in [-0.1, -0.05) is 352 Å². The standard InChI is InChI=1S/C80H151NO8/c1-6-8-10-12-14-16-18-20-22-24-26-28-30-32-34-35-36-37-38-39-40-41-42-43-45-46-48-50-52-54-56-58-60-62-64-66-68-70-77(82)87-74-76(75-88-80(79(84)85)86-73-72-81(3,4)5)89-78(83)71-69-67-65-63-61-59-57-55-53-51-49-47-44-33-31-29-27-25-23-21-19-17-15-13-11-9-7-2/h19,21,24-27,76,80H,6-18,20,22-23,28-75H2,1-5H3/p+1/b21-19-,26-24-,27-25-. The van der Waals surface area contributed by atoms with Crippen molar-refractivity contribution in [2.45, 2.75) is 411 Å². The number of aliphatic carboxylic acids is 1. The molecule has 0 aromatic heterocycles. The minimum absolute atomic E-state index is 0.176. The molecule has 0 aliphatic carbocycles. The van der Waals surface area contributed by atoms with Crippen molar-refractivity contribution in [3.8, 4) is 0 Å². The van der Waals surface area contributed by atoms with Gasteiger partial charge in [0, 0.05) is 12.8 Å². The monoisotopic (exact) mass is 1260 g/mol. The summed E-state index contributed by atoms with van der Waals surface area (Å²) >= 11 is 0. The average molecular weight is 1260 g/mol. The number of hydrogen-bond acceptors (Lipinski definition) is 7. The quantitative estimate of drug-likeness (QED) is 0.0211. The molecule has 0 saturated carbocycles. The summed E-state index contributed by atoms with van der Waals surface area (Å²) in [5.74, 6) is -1.97. The van der Waals surface area contributed by atoms with Gasteiger partial charge in [0.15, 0.2) is 6.10 Å². The zero-order valence-electron chi connectivity index (χ0n) is 60.1. The molecule has 0 fully saturated rings. The molecule has 0 radical (unpaired) electrons. The number of carbonyl (C=O) groups excluding carboxylic acids is 2. The number of carbonyl (C=O) groups is 3. The summed E-state index contributed by atoms with van der Waals surface area (Å²) in [6.45, 7) is 4.94. The molecular weight excluding hydrogens is 1100 g/mol. The predicted octanol–water partition coefficient (Wildman–Crippen LogP) is 24.7. The summed E-state index contributed by atoms with van der Waals surface area (Å²) in [4.78, 5) is 37.7. The van der Waals surface area contributed by atoms with Crippen molar-refractivity contribution in [3.63, 3.8) is 0 Å². The molecule has 0 aromatic rings. The number of ether oxygens (including phenoxy) is 4. The lowest BCUT2D eigenvalue weighted by Crippen LogP contribution is -2.40. The van der Waals surface area contributed by atoms with E-state index in [4.69, 9.17) is 18.9 Å². The van der Waals surface area contributed by atoms with Crippen LogP contribution in [0.5, 0.6) is 0 Å². The van der Waals surface area contributed by atoms with Crippen molar-refractivity contribution in [2.24, 2.45) is 0 Å². The molecule has 0 aromatic carbocycles. The first-order valence-corrected chi connectivity index (χ1v) is 39.2. The highest BCUT2D eigenvalue weighted by atomic mass is 16.7. The fourth-order valence-electron chi connectivity index (χ4n) is 11.9. The van der Waals surface area contributed by atoms with Gasteiger partial charge in [-0.05, 0) is 70.6 Å². The Morgan fingerprint density at radius 2 is 0.607 bits per heavy atom. The van der Waals surface area contributed by atoms with Crippen LogP contribution in [0.4, 0.5) is 0 Å². The van der Waals surface area contributed by atoms with E-state index >= 15 is 0 Å². The van der Waals surface area contributed by atoms with Gasteiger partial charge in [-0.25, -0.2) is 4.79 Å². The molecule has 0 aliphatic rings. The van der Waals surface area contributed by atoms with Gasteiger partial charge in [0.25, 0.3) is 6.29 Å². The Morgan fingerprint density at radius 3 is 0.899 bits per heavy atom. The van der Waals surface area contributed by atoms with E-state index < -0.39 is 18.4 Å². The third-order valence-corrected chi connectivity index (χ3v) is 17.9. The Kier molecular flexibility index (Phi) is 69.4. The van der Waals surface area contributed by atoms with Crippen LogP contribution in [-0.2, 0) is 33.3 Å². The maximum absolute atomic E-state index is 13.0. The highest BCUT2D eigenvalue weighted by molar-refractivity contribution is 5.71. The second-order valence-corrected chi connectivity index (χ2v) is 28.0. The van der Waals surface area contributed by atoms with Gasteiger partial charge < -0.3 is 28.5 Å². The Bertz CT molecular complexity index is 1550. The van der Waals surface area contributed by atoms with E-state index in [1.807, 2.05) is 21.1 Å². The highest BCUT2D eigenvalue weighted by Crippen LogP contribution is 2.19. The normalized spacial score (nSPS) is 12.8. The lowest BCUT2D eigenvalue weighted by Gasteiger charge is -2.25. The van der Waals surface area contributed by atoms with Crippen molar-refractivity contribution < 1.29 is 42.9 Å². The summed E-state index contributed by atoms with van der Waals surface area (Å²) in [6, 6.07) is 0. The fourth-order valence-corrected chi connectivity index (χ4v) is 11.9. The van der Waals surface area contributed by atoms with E-state index in [0.717, 1.165) is 44.9 Å². The van der Waals surface area contributed by atoms with Gasteiger partial charge in [0.05, 0.1) is 34.4 Å². The lowest BCUT2D eigenvalue weighted by molar-refractivity contribution is -0.870. The first-order valence-electron chi connectivity index (χ1n) is 39.2. The van der Waals surface area contributed by atoms with Gasteiger partial charge in [-0.15, -0.1) is 0 Å². The summed E-state index contributed by atoms with van der Waals surface area (Å²) < 4.78 is 23.0. The zero-order valence-corrected chi connectivity index (χ0v) is 60.1. The first kappa shape index (κ1) is 86.5. The van der Waals surface area contributed by atoms with Crippen LogP contribution in [0.3, 0.4) is 0 Å². The van der Waals surface area contributed by atoms with Crippen LogP contribution >= 0.6 is 0 Å². The van der Waals surface area contributed by atoms with Crippen molar-refractivity contribution in [1.29, 1.82) is 0 Å². The molecule has 524 valence electrons. The molecule has 0 saturated heterocycles. The summed E-state index contributed by atoms with van der Waals surface area (Å²) in [6.07, 6.45) is 88.7. The second kappa shape index (κ2) is 71.4. The van der Waals surface area contributed by atoms with Crippen LogP contribution < -0.4 is 0 Å². The number of quaternary nitrogens is 1. The predicted molar refractivity (Wildman–Crippen MR) is 383 cm³/mol. The topological polar surface area (TPSA) is 108 Å². The minimum atomic E-state index is -1.51. The molecule has 2 atom stereocenters. The summed E-state index contributed by atoms with van der Waals surface area (Å²) in [5.41, 5.74) is 0. The molecular formula is C80H152NO8+. The van der Waals surface area contributed by atoms with Gasteiger partial charge in [-0.2, -0.15) is 0 Å². The molecule has 9 nitrogen and oxygen atoms in total. The van der Waals surface area contributed by atoms with E-state index in [-0.39, 0.29) is 38.2 Å². The SMILES string of the molecule is CCCCCCC/C=C\C/C=C\CCCCCCCCCCCCCCCCCC(=O)OC(COC(=O)CCCCCCCCCCCCCCCCCCCCCCCCCCC/C=C\CCCCCCCCCC)COC(OCC[N+](C)(C)C)C(=O)O. The third-order valence-electron chi connectivity index (χ3n) is 17.9.